The first-order valence-corrected chi connectivity index (χ1v) is 13.5. The maximum atomic E-state index is 12.7. The number of hydrogen-bond acceptors (Lipinski definition) is 5. The second-order valence-electron chi connectivity index (χ2n) is 9.00. The zero-order valence-electron chi connectivity index (χ0n) is 18.8. The van der Waals surface area contributed by atoms with Crippen molar-refractivity contribution in [2.75, 3.05) is 32.7 Å². The summed E-state index contributed by atoms with van der Waals surface area (Å²) < 4.78 is 28.5. The number of nitrogens with zero attached hydrogens (tertiary/aromatic N) is 4. The van der Waals surface area contributed by atoms with Gasteiger partial charge < -0.3 is 9.88 Å². The van der Waals surface area contributed by atoms with E-state index < -0.39 is 10.0 Å². The van der Waals surface area contributed by atoms with E-state index >= 15 is 0 Å². The summed E-state index contributed by atoms with van der Waals surface area (Å²) in [5.74, 6) is 0.325. The third-order valence-corrected chi connectivity index (χ3v) is 8.51. The van der Waals surface area contributed by atoms with Crippen LogP contribution in [0.15, 0.2) is 41.8 Å². The number of piperidine rings is 2. The summed E-state index contributed by atoms with van der Waals surface area (Å²) in [5.41, 5.74) is 1.26. The third kappa shape index (κ3) is 6.56. The summed E-state index contributed by atoms with van der Waals surface area (Å²) in [6.07, 6.45) is 7.77. The Balaban J connectivity index is 1.19. The molecule has 10 heteroatoms. The molecule has 1 amide bonds. The van der Waals surface area contributed by atoms with E-state index in [9.17, 15) is 13.2 Å². The summed E-state index contributed by atoms with van der Waals surface area (Å²) in [6.45, 7) is 4.70. The molecule has 1 aromatic heterocycles. The Morgan fingerprint density at radius 2 is 1.76 bits per heavy atom. The molecule has 8 nitrogen and oxygen atoms in total. The fourth-order valence-corrected chi connectivity index (χ4v) is 6.05. The van der Waals surface area contributed by atoms with Crippen LogP contribution in [0.5, 0.6) is 0 Å². The van der Waals surface area contributed by atoms with Crippen LogP contribution in [0.25, 0.3) is 0 Å². The first kappa shape index (κ1) is 24.2. The largest absolute Gasteiger partial charge is 0.354 e. The molecular weight excluding hydrogens is 462 g/mol. The summed E-state index contributed by atoms with van der Waals surface area (Å²) >= 11 is 5.96. The van der Waals surface area contributed by atoms with Crippen molar-refractivity contribution in [3.8, 4) is 0 Å². The molecule has 1 aromatic carbocycles. The van der Waals surface area contributed by atoms with Crippen molar-refractivity contribution in [3.05, 3.63) is 47.4 Å². The van der Waals surface area contributed by atoms with Gasteiger partial charge in [-0.1, -0.05) is 30.2 Å². The molecule has 33 heavy (non-hydrogen) atoms. The SMILES string of the molecule is O=C(Cn1cnc(S(=O)(=O)N2CCCCC2)c1)NCC1CCN(Cc2ccc(Cl)cc2)CC1. The van der Waals surface area contributed by atoms with Crippen molar-refractivity contribution < 1.29 is 13.2 Å². The molecule has 2 aliphatic rings. The molecule has 2 aliphatic heterocycles. The number of rotatable bonds is 8. The van der Waals surface area contributed by atoms with Crippen LogP contribution in [0, 0.1) is 5.92 Å². The number of benzene rings is 1. The van der Waals surface area contributed by atoms with E-state index in [1.54, 1.807) is 4.57 Å². The second kappa shape index (κ2) is 11.0. The Morgan fingerprint density at radius 3 is 2.45 bits per heavy atom. The van der Waals surface area contributed by atoms with Gasteiger partial charge >= 0.3 is 0 Å². The van der Waals surface area contributed by atoms with Crippen LogP contribution < -0.4 is 5.32 Å². The first-order chi connectivity index (χ1) is 15.9. The van der Waals surface area contributed by atoms with E-state index in [1.165, 1.54) is 22.4 Å². The highest BCUT2D eigenvalue weighted by molar-refractivity contribution is 7.89. The maximum absolute atomic E-state index is 12.7. The lowest BCUT2D eigenvalue weighted by atomic mass is 9.96. The molecule has 2 fully saturated rings. The van der Waals surface area contributed by atoms with Crippen molar-refractivity contribution in [2.45, 2.75) is 50.2 Å². The van der Waals surface area contributed by atoms with E-state index in [2.05, 4.69) is 27.3 Å². The fraction of sp³-hybridized carbons (Fsp3) is 0.565. The van der Waals surface area contributed by atoms with Gasteiger partial charge in [-0.3, -0.25) is 9.69 Å². The zero-order chi connectivity index (χ0) is 23.3. The number of hydrogen-bond donors (Lipinski definition) is 1. The van der Waals surface area contributed by atoms with Crippen LogP contribution >= 0.6 is 11.6 Å². The van der Waals surface area contributed by atoms with Crippen molar-refractivity contribution in [1.82, 2.24) is 24.1 Å². The number of likely N-dealkylation sites (tertiary alicyclic amines) is 1. The average molecular weight is 494 g/mol. The Morgan fingerprint density at radius 1 is 1.06 bits per heavy atom. The number of carbonyl (C=O) groups is 1. The molecule has 3 heterocycles. The summed E-state index contributed by atoms with van der Waals surface area (Å²) in [6, 6.07) is 7.97. The molecule has 0 unspecified atom stereocenters. The van der Waals surface area contributed by atoms with Gasteiger partial charge in [0.05, 0.1) is 6.33 Å². The monoisotopic (exact) mass is 493 g/mol. The quantitative estimate of drug-likeness (QED) is 0.611. The lowest BCUT2D eigenvalue weighted by Crippen LogP contribution is -2.39. The van der Waals surface area contributed by atoms with Gasteiger partial charge in [0, 0.05) is 37.4 Å². The number of carbonyl (C=O) groups excluding carboxylic acids is 1. The minimum atomic E-state index is -3.58. The summed E-state index contributed by atoms with van der Waals surface area (Å²) in [4.78, 5) is 18.9. The Bertz CT molecular complexity index is 1030. The molecule has 0 radical (unpaired) electrons. The summed E-state index contributed by atoms with van der Waals surface area (Å²) in [7, 11) is -3.58. The van der Waals surface area contributed by atoms with Crippen LogP contribution in [-0.4, -0.2) is 65.8 Å². The molecule has 4 rings (SSSR count). The Hall–Kier alpha value is -1.94. The Kier molecular flexibility index (Phi) is 8.06. The number of halogens is 1. The van der Waals surface area contributed by atoms with Crippen LogP contribution in [0.4, 0.5) is 0 Å². The lowest BCUT2D eigenvalue weighted by Gasteiger charge is -2.32. The third-order valence-electron chi connectivity index (χ3n) is 6.47. The molecule has 0 saturated carbocycles. The number of amides is 1. The van der Waals surface area contributed by atoms with Crippen molar-refractivity contribution >= 4 is 27.5 Å². The van der Waals surface area contributed by atoms with Crippen LogP contribution in [0.2, 0.25) is 5.02 Å². The minimum Gasteiger partial charge on any atom is -0.354 e. The van der Waals surface area contributed by atoms with Gasteiger partial charge in [-0.25, -0.2) is 13.4 Å². The molecular formula is C23H32ClN5O3S. The van der Waals surface area contributed by atoms with Crippen LogP contribution in [0.3, 0.4) is 0 Å². The van der Waals surface area contributed by atoms with E-state index in [0.717, 1.165) is 56.8 Å². The normalized spacial score (nSPS) is 18.9. The predicted molar refractivity (Wildman–Crippen MR) is 127 cm³/mol. The van der Waals surface area contributed by atoms with E-state index in [1.807, 2.05) is 12.1 Å². The molecule has 2 saturated heterocycles. The minimum absolute atomic E-state index is 0.0188. The summed E-state index contributed by atoms with van der Waals surface area (Å²) in [5, 5.41) is 3.77. The molecule has 0 bridgehead atoms. The van der Waals surface area contributed by atoms with E-state index in [4.69, 9.17) is 11.6 Å². The molecule has 0 aliphatic carbocycles. The highest BCUT2D eigenvalue weighted by Crippen LogP contribution is 2.20. The number of imidazole rings is 1. The average Bonchev–Trinajstić information content (AvgIpc) is 3.30. The number of sulfonamides is 1. The predicted octanol–water partition coefficient (Wildman–Crippen LogP) is 2.74. The van der Waals surface area contributed by atoms with Gasteiger partial charge in [-0.2, -0.15) is 4.31 Å². The standard InChI is InChI=1S/C23H32ClN5O3S/c24-21-6-4-20(5-7-21)15-27-12-8-19(9-13-27)14-25-22(30)16-28-17-23(26-18-28)33(31,32)29-10-2-1-3-11-29/h4-7,17-19H,1-3,8-16H2,(H,25,30). The molecule has 180 valence electrons. The van der Waals surface area contributed by atoms with Gasteiger partial charge in [0.1, 0.15) is 6.54 Å². The smallest absolute Gasteiger partial charge is 0.262 e. The van der Waals surface area contributed by atoms with Crippen molar-refractivity contribution in [1.29, 1.82) is 0 Å². The van der Waals surface area contributed by atoms with Gasteiger partial charge in [0.25, 0.3) is 10.0 Å². The maximum Gasteiger partial charge on any atom is 0.262 e. The topological polar surface area (TPSA) is 87.5 Å². The van der Waals surface area contributed by atoms with Gasteiger partial charge in [0.15, 0.2) is 5.03 Å². The second-order valence-corrected chi connectivity index (χ2v) is 11.3. The fourth-order valence-electron chi connectivity index (χ4n) is 4.47. The molecule has 1 N–H and O–H groups in total. The number of nitrogens with one attached hydrogen (secondary N) is 1. The highest BCUT2D eigenvalue weighted by atomic mass is 35.5. The highest BCUT2D eigenvalue weighted by Gasteiger charge is 2.28. The Labute approximate surface area is 201 Å². The molecule has 0 spiro atoms. The zero-order valence-corrected chi connectivity index (χ0v) is 20.4. The molecule has 0 atom stereocenters. The van der Waals surface area contributed by atoms with E-state index in [-0.39, 0.29) is 17.5 Å². The first-order valence-electron chi connectivity index (χ1n) is 11.7. The van der Waals surface area contributed by atoms with E-state index in [0.29, 0.717) is 25.6 Å². The van der Waals surface area contributed by atoms with Crippen molar-refractivity contribution in [2.24, 2.45) is 5.92 Å². The van der Waals surface area contributed by atoms with Gasteiger partial charge in [0.2, 0.25) is 5.91 Å². The van der Waals surface area contributed by atoms with Gasteiger partial charge in [-0.05, 0) is 62.4 Å². The van der Waals surface area contributed by atoms with Gasteiger partial charge in [-0.15, -0.1) is 0 Å². The van der Waals surface area contributed by atoms with Crippen LogP contribution in [0.1, 0.15) is 37.7 Å². The number of aromatic nitrogens is 2. The van der Waals surface area contributed by atoms with Crippen molar-refractivity contribution in [3.63, 3.8) is 0 Å². The van der Waals surface area contributed by atoms with Crippen LogP contribution in [-0.2, 0) is 27.9 Å². The molecule has 2 aromatic rings. The lowest BCUT2D eigenvalue weighted by molar-refractivity contribution is -0.121.